The molecule has 19 heavy (non-hydrogen) atoms. The van der Waals surface area contributed by atoms with Crippen molar-refractivity contribution < 1.29 is 4.79 Å². The van der Waals surface area contributed by atoms with Gasteiger partial charge in [-0.15, -0.1) is 12.4 Å². The van der Waals surface area contributed by atoms with E-state index in [2.05, 4.69) is 22.1 Å². The highest BCUT2D eigenvalue weighted by molar-refractivity contribution is 5.95. The fourth-order valence-electron chi connectivity index (χ4n) is 1.85. The van der Waals surface area contributed by atoms with E-state index in [1.54, 1.807) is 0 Å². The molecule has 1 aromatic heterocycles. The number of benzene rings is 1. The van der Waals surface area contributed by atoms with Gasteiger partial charge in [-0.1, -0.05) is 30.3 Å². The van der Waals surface area contributed by atoms with E-state index in [0.717, 1.165) is 19.3 Å². The molecule has 1 aromatic carbocycles. The van der Waals surface area contributed by atoms with Crippen LogP contribution in [0.25, 0.3) is 0 Å². The number of aromatic amines is 1. The Morgan fingerprint density at radius 1 is 1.21 bits per heavy atom. The first-order valence-electron chi connectivity index (χ1n) is 5.85. The molecule has 0 radical (unpaired) electrons. The van der Waals surface area contributed by atoms with Gasteiger partial charge in [0.1, 0.15) is 11.5 Å². The van der Waals surface area contributed by atoms with Crippen LogP contribution in [0.4, 0.5) is 5.82 Å². The molecule has 0 saturated carbocycles. The Balaban J connectivity index is 0.00000180. The number of amides is 1. The Bertz CT molecular complexity index is 539. The van der Waals surface area contributed by atoms with Crippen LogP contribution < -0.4 is 11.5 Å². The minimum absolute atomic E-state index is 0. The SMILES string of the molecule is Cl.NC(=O)c1[nH]c(CCCc2ccccc2)nc1N. The maximum Gasteiger partial charge on any atom is 0.269 e. The molecule has 102 valence electrons. The van der Waals surface area contributed by atoms with Crippen LogP contribution in [0.5, 0.6) is 0 Å². The second-order valence-electron chi connectivity index (χ2n) is 4.15. The minimum atomic E-state index is -0.575. The topological polar surface area (TPSA) is 97.8 Å². The third-order valence-corrected chi connectivity index (χ3v) is 2.75. The molecule has 5 nitrogen and oxygen atoms in total. The first-order chi connectivity index (χ1) is 8.66. The monoisotopic (exact) mass is 280 g/mol. The number of nitrogens with zero attached hydrogens (tertiary/aromatic N) is 1. The van der Waals surface area contributed by atoms with E-state index >= 15 is 0 Å². The first kappa shape index (κ1) is 15.0. The smallest absolute Gasteiger partial charge is 0.269 e. The molecular formula is C13H17ClN4O. The summed E-state index contributed by atoms with van der Waals surface area (Å²) in [5.41, 5.74) is 12.2. The van der Waals surface area contributed by atoms with Crippen molar-refractivity contribution in [1.29, 1.82) is 0 Å². The molecule has 0 bridgehead atoms. The Labute approximate surface area is 117 Å². The van der Waals surface area contributed by atoms with Gasteiger partial charge in [-0.2, -0.15) is 0 Å². The number of hydrogen-bond donors (Lipinski definition) is 3. The molecule has 0 aliphatic rings. The van der Waals surface area contributed by atoms with Crippen LogP contribution >= 0.6 is 12.4 Å². The summed E-state index contributed by atoms with van der Waals surface area (Å²) < 4.78 is 0. The number of halogens is 1. The van der Waals surface area contributed by atoms with Gasteiger partial charge in [0.05, 0.1) is 0 Å². The van der Waals surface area contributed by atoms with Crippen LogP contribution in [0.15, 0.2) is 30.3 Å². The van der Waals surface area contributed by atoms with Gasteiger partial charge >= 0.3 is 0 Å². The Morgan fingerprint density at radius 2 is 1.89 bits per heavy atom. The third kappa shape index (κ3) is 3.99. The maximum atomic E-state index is 11.0. The van der Waals surface area contributed by atoms with E-state index in [4.69, 9.17) is 11.5 Å². The third-order valence-electron chi connectivity index (χ3n) is 2.75. The highest BCUT2D eigenvalue weighted by Gasteiger charge is 2.11. The number of nitrogens with two attached hydrogens (primary N) is 2. The Hall–Kier alpha value is -2.01. The van der Waals surface area contributed by atoms with Crippen LogP contribution in [-0.2, 0) is 12.8 Å². The molecule has 0 spiro atoms. The van der Waals surface area contributed by atoms with Gasteiger partial charge < -0.3 is 16.5 Å². The zero-order valence-electron chi connectivity index (χ0n) is 10.4. The molecule has 0 aliphatic carbocycles. The number of rotatable bonds is 5. The Morgan fingerprint density at radius 3 is 2.47 bits per heavy atom. The van der Waals surface area contributed by atoms with E-state index in [9.17, 15) is 4.79 Å². The lowest BCUT2D eigenvalue weighted by atomic mass is 10.1. The number of imidazole rings is 1. The summed E-state index contributed by atoms with van der Waals surface area (Å²) in [6.45, 7) is 0. The molecule has 1 amide bonds. The summed E-state index contributed by atoms with van der Waals surface area (Å²) in [5, 5.41) is 0. The number of carbonyl (C=O) groups excluding carboxylic acids is 1. The average Bonchev–Trinajstić information content (AvgIpc) is 2.72. The van der Waals surface area contributed by atoms with Crippen molar-refractivity contribution in [3.63, 3.8) is 0 Å². The largest absolute Gasteiger partial charge is 0.382 e. The number of H-pyrrole nitrogens is 1. The molecule has 2 rings (SSSR count). The second-order valence-corrected chi connectivity index (χ2v) is 4.15. The molecular weight excluding hydrogens is 264 g/mol. The zero-order chi connectivity index (χ0) is 13.0. The van der Waals surface area contributed by atoms with Crippen molar-refractivity contribution in [3.05, 3.63) is 47.4 Å². The highest BCUT2D eigenvalue weighted by atomic mass is 35.5. The van der Waals surface area contributed by atoms with Gasteiger partial charge in [0.25, 0.3) is 5.91 Å². The quantitative estimate of drug-likeness (QED) is 0.777. The molecule has 5 N–H and O–H groups in total. The van der Waals surface area contributed by atoms with Crippen molar-refractivity contribution in [1.82, 2.24) is 9.97 Å². The van der Waals surface area contributed by atoms with Crippen LogP contribution in [0.2, 0.25) is 0 Å². The summed E-state index contributed by atoms with van der Waals surface area (Å²) in [5.74, 6) is 0.309. The maximum absolute atomic E-state index is 11.0. The molecule has 0 atom stereocenters. The van der Waals surface area contributed by atoms with Crippen LogP contribution in [0.1, 0.15) is 28.3 Å². The van der Waals surface area contributed by atoms with Crippen LogP contribution in [-0.4, -0.2) is 15.9 Å². The predicted octanol–water partition coefficient (Wildman–Crippen LogP) is 1.69. The number of hydrogen-bond acceptors (Lipinski definition) is 3. The number of anilines is 1. The zero-order valence-corrected chi connectivity index (χ0v) is 11.2. The lowest BCUT2D eigenvalue weighted by molar-refractivity contribution is 0.0997. The van der Waals surface area contributed by atoms with Gasteiger partial charge in [-0.3, -0.25) is 4.79 Å². The van der Waals surface area contributed by atoms with Gasteiger partial charge in [0.15, 0.2) is 5.82 Å². The molecule has 6 heteroatoms. The summed E-state index contributed by atoms with van der Waals surface area (Å²) in [6.07, 6.45) is 2.65. The number of carbonyl (C=O) groups is 1. The average molecular weight is 281 g/mol. The van der Waals surface area contributed by atoms with Gasteiger partial charge in [0.2, 0.25) is 0 Å². The highest BCUT2D eigenvalue weighted by Crippen LogP contribution is 2.10. The first-order valence-corrected chi connectivity index (χ1v) is 5.85. The standard InChI is InChI=1S/C13H16N4O.ClH/c14-12-11(13(15)18)16-10(17-12)8-4-7-9-5-2-1-3-6-9;/h1-3,5-6H,4,7-8,14H2,(H2,15,18)(H,16,17);1H. The normalized spacial score (nSPS) is 9.89. The molecule has 0 unspecified atom stereocenters. The minimum Gasteiger partial charge on any atom is -0.382 e. The number of nitrogen functional groups attached to an aromatic ring is 1. The molecule has 0 aliphatic heterocycles. The molecule has 0 fully saturated rings. The lowest BCUT2D eigenvalue weighted by Gasteiger charge is -1.99. The number of aryl methyl sites for hydroxylation is 2. The lowest BCUT2D eigenvalue weighted by Crippen LogP contribution is -2.13. The van der Waals surface area contributed by atoms with Gasteiger partial charge in [0, 0.05) is 6.42 Å². The summed E-state index contributed by atoms with van der Waals surface area (Å²) in [6, 6.07) is 10.2. The number of nitrogens with one attached hydrogen (secondary N) is 1. The summed E-state index contributed by atoms with van der Waals surface area (Å²) >= 11 is 0. The fourth-order valence-corrected chi connectivity index (χ4v) is 1.85. The van der Waals surface area contributed by atoms with E-state index in [1.807, 2.05) is 18.2 Å². The van der Waals surface area contributed by atoms with Crippen molar-refractivity contribution >= 4 is 24.1 Å². The Kier molecular flexibility index (Phi) is 5.38. The van der Waals surface area contributed by atoms with Crippen LogP contribution in [0.3, 0.4) is 0 Å². The number of primary amides is 1. The van der Waals surface area contributed by atoms with Gasteiger partial charge in [-0.25, -0.2) is 4.98 Å². The van der Waals surface area contributed by atoms with Crippen molar-refractivity contribution in [3.8, 4) is 0 Å². The summed E-state index contributed by atoms with van der Waals surface area (Å²) in [7, 11) is 0. The summed E-state index contributed by atoms with van der Waals surface area (Å²) in [4.78, 5) is 17.9. The number of aromatic nitrogens is 2. The van der Waals surface area contributed by atoms with E-state index in [-0.39, 0.29) is 23.9 Å². The van der Waals surface area contributed by atoms with Gasteiger partial charge in [-0.05, 0) is 18.4 Å². The molecule has 0 saturated heterocycles. The fraction of sp³-hybridized carbons (Fsp3) is 0.231. The van der Waals surface area contributed by atoms with Crippen molar-refractivity contribution in [2.75, 3.05) is 5.73 Å². The van der Waals surface area contributed by atoms with E-state index < -0.39 is 5.91 Å². The van der Waals surface area contributed by atoms with Crippen molar-refractivity contribution in [2.45, 2.75) is 19.3 Å². The van der Waals surface area contributed by atoms with E-state index in [1.165, 1.54) is 5.56 Å². The molecule has 1 heterocycles. The second kappa shape index (κ2) is 6.80. The van der Waals surface area contributed by atoms with Crippen molar-refractivity contribution in [2.24, 2.45) is 5.73 Å². The predicted molar refractivity (Wildman–Crippen MR) is 77.2 cm³/mol. The molecule has 2 aromatic rings. The van der Waals surface area contributed by atoms with E-state index in [0.29, 0.717) is 5.82 Å². The van der Waals surface area contributed by atoms with Crippen LogP contribution in [0, 0.1) is 0 Å².